The Labute approximate surface area is 151 Å². The number of aromatic nitrogens is 1. The third-order valence-electron chi connectivity index (χ3n) is 5.24. The Morgan fingerprint density at radius 2 is 2.00 bits per heavy atom. The van der Waals surface area contributed by atoms with Crippen molar-refractivity contribution < 1.29 is 5.11 Å². The number of nitrogens with zero attached hydrogens (tertiary/aromatic N) is 1. The second kappa shape index (κ2) is 6.34. The van der Waals surface area contributed by atoms with Crippen LogP contribution in [0.15, 0.2) is 34.9 Å². The molecule has 1 unspecified atom stereocenters. The van der Waals surface area contributed by atoms with E-state index in [0.29, 0.717) is 11.7 Å². The van der Waals surface area contributed by atoms with E-state index in [2.05, 4.69) is 46.4 Å². The molecule has 1 saturated heterocycles. The summed E-state index contributed by atoms with van der Waals surface area (Å²) < 4.78 is 1.01. The number of allylic oxidation sites excluding steroid dienone is 1. The van der Waals surface area contributed by atoms with Crippen LogP contribution >= 0.6 is 15.9 Å². The number of aromatic hydroxyl groups is 1. The molecule has 2 heterocycles. The number of benzene rings is 1. The first-order valence-corrected chi connectivity index (χ1v) is 9.30. The van der Waals surface area contributed by atoms with Gasteiger partial charge in [0.05, 0.1) is 5.69 Å². The van der Waals surface area contributed by atoms with E-state index in [1.165, 1.54) is 22.4 Å². The van der Waals surface area contributed by atoms with E-state index in [-0.39, 0.29) is 5.92 Å². The van der Waals surface area contributed by atoms with Gasteiger partial charge in [-0.3, -0.25) is 4.98 Å². The zero-order chi connectivity index (χ0) is 16.7. The van der Waals surface area contributed by atoms with Crippen LogP contribution in [0.3, 0.4) is 0 Å². The van der Waals surface area contributed by atoms with Gasteiger partial charge in [-0.1, -0.05) is 12.1 Å². The van der Waals surface area contributed by atoms with Crippen molar-refractivity contribution in [3.8, 4) is 5.75 Å². The number of nitrogens with one attached hydrogen (secondary N) is 1. The molecule has 2 aromatic rings. The normalized spacial score (nSPS) is 20.8. The zero-order valence-electron chi connectivity index (χ0n) is 13.7. The lowest BCUT2D eigenvalue weighted by atomic mass is 9.76. The topological polar surface area (TPSA) is 45.1 Å². The number of rotatable bonds is 1. The molecule has 2 aliphatic rings. The summed E-state index contributed by atoms with van der Waals surface area (Å²) in [6.07, 6.45) is 6.40. The second-order valence-electron chi connectivity index (χ2n) is 6.79. The first-order valence-electron chi connectivity index (χ1n) is 8.51. The summed E-state index contributed by atoms with van der Waals surface area (Å²) in [5.74, 6) is 1.17. The van der Waals surface area contributed by atoms with Crippen LogP contribution in [-0.2, 0) is 0 Å². The molecule has 0 bridgehead atoms. The lowest BCUT2D eigenvalue weighted by molar-refractivity contribution is 0.338. The maximum absolute atomic E-state index is 9.96. The first-order chi connectivity index (χ1) is 11.6. The predicted octanol–water partition coefficient (Wildman–Crippen LogP) is 4.56. The molecule has 0 radical (unpaired) electrons. The first kappa shape index (κ1) is 15.9. The summed E-state index contributed by atoms with van der Waals surface area (Å²) in [4.78, 5) is 4.84. The van der Waals surface area contributed by atoms with E-state index in [9.17, 15) is 5.11 Å². The average Bonchev–Trinajstić information content (AvgIpc) is 2.69. The smallest absolute Gasteiger partial charge is 0.116 e. The number of halogens is 1. The van der Waals surface area contributed by atoms with Crippen LogP contribution < -0.4 is 5.32 Å². The highest BCUT2D eigenvalue weighted by Crippen LogP contribution is 2.44. The fourth-order valence-corrected chi connectivity index (χ4v) is 4.43. The molecule has 0 spiro atoms. The number of piperidine rings is 1. The van der Waals surface area contributed by atoms with Gasteiger partial charge in [0.2, 0.25) is 0 Å². The lowest BCUT2D eigenvalue weighted by Crippen LogP contribution is -2.32. The molecule has 2 N–H and O–H groups in total. The molecule has 1 aliphatic heterocycles. The zero-order valence-corrected chi connectivity index (χ0v) is 15.3. The molecule has 3 nitrogen and oxygen atoms in total. The predicted molar refractivity (Wildman–Crippen MR) is 101 cm³/mol. The van der Waals surface area contributed by atoms with Crippen molar-refractivity contribution in [3.05, 3.63) is 57.3 Å². The highest BCUT2D eigenvalue weighted by molar-refractivity contribution is 9.10. The van der Waals surface area contributed by atoms with E-state index in [1.807, 2.05) is 12.3 Å². The largest absolute Gasteiger partial charge is 0.508 e. The Balaban J connectivity index is 1.94. The van der Waals surface area contributed by atoms with Gasteiger partial charge in [0, 0.05) is 22.2 Å². The third kappa shape index (κ3) is 2.78. The number of phenolic OH excluding ortho intramolecular Hbond substituents is 1. The highest BCUT2D eigenvalue weighted by atomic mass is 79.9. The van der Waals surface area contributed by atoms with Crippen LogP contribution in [0.25, 0.3) is 11.6 Å². The van der Waals surface area contributed by atoms with Crippen molar-refractivity contribution in [2.24, 2.45) is 5.92 Å². The van der Waals surface area contributed by atoms with Crippen LogP contribution in [0.5, 0.6) is 5.75 Å². The summed E-state index contributed by atoms with van der Waals surface area (Å²) in [5.41, 5.74) is 5.98. The summed E-state index contributed by atoms with van der Waals surface area (Å²) in [5, 5.41) is 13.4. The van der Waals surface area contributed by atoms with E-state index in [4.69, 9.17) is 4.98 Å². The van der Waals surface area contributed by atoms with Crippen LogP contribution in [0.2, 0.25) is 0 Å². The van der Waals surface area contributed by atoms with Gasteiger partial charge in [0.25, 0.3) is 0 Å². The maximum Gasteiger partial charge on any atom is 0.116 e. The minimum Gasteiger partial charge on any atom is -0.508 e. The molecule has 4 heteroatoms. The highest BCUT2D eigenvalue weighted by Gasteiger charge is 2.32. The Bertz CT molecular complexity index is 809. The number of pyridine rings is 1. The number of hydrogen-bond donors (Lipinski definition) is 2. The van der Waals surface area contributed by atoms with Gasteiger partial charge in [0.15, 0.2) is 0 Å². The van der Waals surface area contributed by atoms with E-state index < -0.39 is 0 Å². The van der Waals surface area contributed by atoms with Gasteiger partial charge in [-0.05, 0) is 89.6 Å². The second-order valence-corrected chi connectivity index (χ2v) is 7.71. The SMILES string of the molecule is CC1=Cc2cc(O)ccc2C(C2CCNCC2)c2ncc(Br)cc21. The van der Waals surface area contributed by atoms with Crippen molar-refractivity contribution in [1.82, 2.24) is 10.3 Å². The molecule has 24 heavy (non-hydrogen) atoms. The van der Waals surface area contributed by atoms with E-state index in [1.54, 1.807) is 6.07 Å². The Hall–Kier alpha value is -1.65. The third-order valence-corrected chi connectivity index (χ3v) is 5.67. The summed E-state index contributed by atoms with van der Waals surface area (Å²) in [7, 11) is 0. The molecule has 124 valence electrons. The molecular formula is C20H21BrN2O. The van der Waals surface area contributed by atoms with Crippen molar-refractivity contribution in [2.45, 2.75) is 25.7 Å². The summed E-state index contributed by atoms with van der Waals surface area (Å²) >= 11 is 3.57. The van der Waals surface area contributed by atoms with Gasteiger partial charge in [-0.2, -0.15) is 0 Å². The molecule has 1 aliphatic carbocycles. The van der Waals surface area contributed by atoms with Crippen molar-refractivity contribution >= 4 is 27.6 Å². The summed E-state index contributed by atoms with van der Waals surface area (Å²) in [6.45, 7) is 4.26. The molecular weight excluding hydrogens is 364 g/mol. The van der Waals surface area contributed by atoms with E-state index in [0.717, 1.165) is 36.0 Å². The number of phenols is 1. The Kier molecular flexibility index (Phi) is 4.19. The van der Waals surface area contributed by atoms with Gasteiger partial charge in [-0.15, -0.1) is 0 Å². The monoisotopic (exact) mass is 384 g/mol. The van der Waals surface area contributed by atoms with Crippen LogP contribution in [0, 0.1) is 5.92 Å². The Morgan fingerprint density at radius 1 is 1.21 bits per heavy atom. The van der Waals surface area contributed by atoms with Gasteiger partial charge < -0.3 is 10.4 Å². The van der Waals surface area contributed by atoms with Crippen LogP contribution in [0.4, 0.5) is 0 Å². The standard InChI is InChI=1S/C20H21BrN2O/c1-12-8-14-9-16(24)2-3-17(14)19(13-4-6-22-7-5-13)20-18(12)10-15(21)11-23-20/h2-3,8-11,13,19,22,24H,4-7H2,1H3. The quantitative estimate of drug-likeness (QED) is 0.757. The molecule has 1 fully saturated rings. The summed E-state index contributed by atoms with van der Waals surface area (Å²) in [6, 6.07) is 7.95. The van der Waals surface area contributed by atoms with Crippen molar-refractivity contribution in [2.75, 3.05) is 13.1 Å². The number of hydrogen-bond acceptors (Lipinski definition) is 3. The molecule has 4 rings (SSSR count). The van der Waals surface area contributed by atoms with Gasteiger partial charge >= 0.3 is 0 Å². The fourth-order valence-electron chi connectivity index (χ4n) is 4.10. The minimum absolute atomic E-state index is 0.277. The lowest BCUT2D eigenvalue weighted by Gasteiger charge is -2.32. The molecule has 1 atom stereocenters. The van der Waals surface area contributed by atoms with E-state index >= 15 is 0 Å². The molecule has 0 saturated carbocycles. The van der Waals surface area contributed by atoms with Crippen LogP contribution in [-0.4, -0.2) is 23.2 Å². The minimum atomic E-state index is 0.277. The molecule has 0 amide bonds. The van der Waals surface area contributed by atoms with Crippen molar-refractivity contribution in [3.63, 3.8) is 0 Å². The van der Waals surface area contributed by atoms with Gasteiger partial charge in [0.1, 0.15) is 5.75 Å². The number of fused-ring (bicyclic) bond motifs is 2. The fraction of sp³-hybridized carbons (Fsp3) is 0.350. The average molecular weight is 385 g/mol. The van der Waals surface area contributed by atoms with Crippen LogP contribution in [0.1, 0.15) is 48.1 Å². The van der Waals surface area contributed by atoms with Crippen molar-refractivity contribution in [1.29, 1.82) is 0 Å². The van der Waals surface area contributed by atoms with Gasteiger partial charge in [-0.25, -0.2) is 0 Å². The molecule has 1 aromatic carbocycles. The maximum atomic E-state index is 9.96. The molecule has 1 aromatic heterocycles. The Morgan fingerprint density at radius 3 is 2.79 bits per heavy atom.